The van der Waals surface area contributed by atoms with Crippen LogP contribution in [-0.2, 0) is 20.0 Å². The van der Waals surface area contributed by atoms with Gasteiger partial charge in [0.1, 0.15) is 5.82 Å². The number of hydrogen-bond acceptors (Lipinski definition) is 4. The summed E-state index contributed by atoms with van der Waals surface area (Å²) in [6, 6.07) is 3.05. The minimum absolute atomic E-state index is 0.0206. The van der Waals surface area contributed by atoms with Gasteiger partial charge >= 0.3 is 5.69 Å². The van der Waals surface area contributed by atoms with Gasteiger partial charge in [0.05, 0.1) is 0 Å². The van der Waals surface area contributed by atoms with Crippen LogP contribution in [0.2, 0.25) is 5.22 Å². The molecular weight excluding hydrogens is 296 g/mol. The average Bonchev–Trinajstić information content (AvgIpc) is 2.92. The van der Waals surface area contributed by atoms with E-state index in [1.807, 2.05) is 0 Å². The Bertz CT molecular complexity index is 730. The standard InChI is InChI=1S/C13H15ClN4O3/c1-17-13(20)18-7-6-8(2-5-11(18)16-17)15-12(19)9-3-4-10(14)21-9/h3-4,8H,2,5-7H2,1H3,(H,15,19). The van der Waals surface area contributed by atoms with Gasteiger partial charge in [0.15, 0.2) is 11.0 Å². The number of nitrogens with zero attached hydrogens (tertiary/aromatic N) is 3. The fourth-order valence-electron chi connectivity index (χ4n) is 2.53. The van der Waals surface area contributed by atoms with Gasteiger partial charge in [-0.05, 0) is 36.6 Å². The predicted octanol–water partition coefficient (Wildman–Crippen LogP) is 0.963. The summed E-state index contributed by atoms with van der Waals surface area (Å²) in [5, 5.41) is 7.30. The summed E-state index contributed by atoms with van der Waals surface area (Å²) in [5.74, 6) is 0.664. The van der Waals surface area contributed by atoms with E-state index in [1.54, 1.807) is 11.6 Å². The molecular formula is C13H15ClN4O3. The number of carbonyl (C=O) groups excluding carboxylic acids is 1. The maximum absolute atomic E-state index is 12.0. The number of hydrogen-bond donors (Lipinski definition) is 1. The summed E-state index contributed by atoms with van der Waals surface area (Å²) in [4.78, 5) is 23.9. The van der Waals surface area contributed by atoms with Crippen LogP contribution < -0.4 is 11.0 Å². The SMILES string of the molecule is Cn1nc2n(c1=O)CCC(NC(=O)c1ccc(Cl)o1)CC2. The van der Waals surface area contributed by atoms with Crippen molar-refractivity contribution < 1.29 is 9.21 Å². The number of halogens is 1. The highest BCUT2D eigenvalue weighted by atomic mass is 35.5. The second-order valence-electron chi connectivity index (χ2n) is 5.08. The van der Waals surface area contributed by atoms with Crippen LogP contribution in [0, 0.1) is 0 Å². The lowest BCUT2D eigenvalue weighted by Crippen LogP contribution is -2.35. The van der Waals surface area contributed by atoms with Crippen molar-refractivity contribution in [2.45, 2.75) is 31.8 Å². The first-order chi connectivity index (χ1) is 10.0. The van der Waals surface area contributed by atoms with E-state index in [9.17, 15) is 9.59 Å². The van der Waals surface area contributed by atoms with Crippen LogP contribution in [0.3, 0.4) is 0 Å². The first-order valence-electron chi connectivity index (χ1n) is 6.73. The molecule has 1 amide bonds. The van der Waals surface area contributed by atoms with Crippen LogP contribution >= 0.6 is 11.6 Å². The number of rotatable bonds is 2. The molecule has 112 valence electrons. The Morgan fingerprint density at radius 1 is 1.48 bits per heavy atom. The van der Waals surface area contributed by atoms with Gasteiger partial charge < -0.3 is 9.73 Å². The van der Waals surface area contributed by atoms with Gasteiger partial charge in [-0.2, -0.15) is 5.10 Å². The topological polar surface area (TPSA) is 82.1 Å². The van der Waals surface area contributed by atoms with Crippen LogP contribution in [0.4, 0.5) is 0 Å². The molecule has 0 fully saturated rings. The number of carbonyl (C=O) groups is 1. The lowest BCUT2D eigenvalue weighted by atomic mass is 10.1. The van der Waals surface area contributed by atoms with Crippen LogP contribution in [0.15, 0.2) is 21.3 Å². The Labute approximate surface area is 125 Å². The fraction of sp³-hybridized carbons (Fsp3) is 0.462. The van der Waals surface area contributed by atoms with E-state index in [1.165, 1.54) is 16.8 Å². The maximum atomic E-state index is 12.0. The Morgan fingerprint density at radius 2 is 2.29 bits per heavy atom. The first kappa shape index (κ1) is 13.9. The molecule has 0 saturated carbocycles. The molecule has 1 aliphatic rings. The molecule has 0 aliphatic carbocycles. The number of amides is 1. The molecule has 0 aromatic carbocycles. The van der Waals surface area contributed by atoms with Crippen molar-refractivity contribution >= 4 is 17.5 Å². The molecule has 1 N–H and O–H groups in total. The molecule has 3 heterocycles. The van der Waals surface area contributed by atoms with E-state index < -0.39 is 0 Å². The zero-order chi connectivity index (χ0) is 15.0. The smallest absolute Gasteiger partial charge is 0.345 e. The summed E-state index contributed by atoms with van der Waals surface area (Å²) >= 11 is 5.66. The Balaban J connectivity index is 1.67. The van der Waals surface area contributed by atoms with Gasteiger partial charge in [-0.25, -0.2) is 9.48 Å². The van der Waals surface area contributed by atoms with Gasteiger partial charge in [-0.15, -0.1) is 0 Å². The molecule has 0 radical (unpaired) electrons. The zero-order valence-corrected chi connectivity index (χ0v) is 12.3. The Hall–Kier alpha value is -2.02. The summed E-state index contributed by atoms with van der Waals surface area (Å²) < 4.78 is 8.09. The second-order valence-corrected chi connectivity index (χ2v) is 5.45. The van der Waals surface area contributed by atoms with E-state index in [4.69, 9.17) is 16.0 Å². The summed E-state index contributed by atoms with van der Waals surface area (Å²) in [6.45, 7) is 0.547. The van der Waals surface area contributed by atoms with E-state index in [0.717, 1.165) is 12.2 Å². The summed E-state index contributed by atoms with van der Waals surface area (Å²) in [7, 11) is 1.64. The average molecular weight is 311 g/mol. The van der Waals surface area contributed by atoms with Gasteiger partial charge in [-0.3, -0.25) is 9.36 Å². The van der Waals surface area contributed by atoms with Gasteiger partial charge in [-0.1, -0.05) is 0 Å². The zero-order valence-electron chi connectivity index (χ0n) is 11.5. The molecule has 0 bridgehead atoms. The van der Waals surface area contributed by atoms with Gasteiger partial charge in [0.25, 0.3) is 5.91 Å². The molecule has 1 unspecified atom stereocenters. The molecule has 8 heteroatoms. The number of nitrogens with one attached hydrogen (secondary N) is 1. The van der Waals surface area contributed by atoms with Crippen molar-refractivity contribution in [3.8, 4) is 0 Å². The third-order valence-electron chi connectivity index (χ3n) is 3.63. The van der Waals surface area contributed by atoms with Gasteiger partial charge in [0.2, 0.25) is 0 Å². The van der Waals surface area contributed by atoms with Crippen molar-refractivity contribution in [1.29, 1.82) is 0 Å². The Morgan fingerprint density at radius 3 is 3.00 bits per heavy atom. The minimum atomic E-state index is -0.292. The van der Waals surface area contributed by atoms with Crippen LogP contribution in [0.5, 0.6) is 0 Å². The number of aromatic nitrogens is 3. The number of furan rings is 1. The highest BCUT2D eigenvalue weighted by Crippen LogP contribution is 2.15. The normalized spacial score (nSPS) is 18.1. The molecule has 2 aromatic rings. The monoisotopic (exact) mass is 310 g/mol. The van der Waals surface area contributed by atoms with Crippen molar-refractivity contribution in [2.75, 3.05) is 0 Å². The molecule has 3 rings (SSSR count). The third-order valence-corrected chi connectivity index (χ3v) is 3.84. The van der Waals surface area contributed by atoms with Crippen molar-refractivity contribution in [2.24, 2.45) is 7.05 Å². The molecule has 0 spiro atoms. The molecule has 7 nitrogen and oxygen atoms in total. The lowest BCUT2D eigenvalue weighted by molar-refractivity contribution is 0.0905. The summed E-state index contributed by atoms with van der Waals surface area (Å²) in [6.07, 6.45) is 2.06. The van der Waals surface area contributed by atoms with Crippen LogP contribution in [0.1, 0.15) is 29.2 Å². The van der Waals surface area contributed by atoms with Crippen LogP contribution in [0.25, 0.3) is 0 Å². The largest absolute Gasteiger partial charge is 0.440 e. The number of aryl methyl sites for hydroxylation is 2. The lowest BCUT2D eigenvalue weighted by Gasteiger charge is -2.14. The van der Waals surface area contributed by atoms with Crippen molar-refractivity contribution in [3.05, 3.63) is 39.4 Å². The van der Waals surface area contributed by atoms with Crippen LogP contribution in [-0.4, -0.2) is 26.3 Å². The molecule has 0 saturated heterocycles. The van der Waals surface area contributed by atoms with Crippen molar-refractivity contribution in [1.82, 2.24) is 19.7 Å². The third kappa shape index (κ3) is 2.73. The summed E-state index contributed by atoms with van der Waals surface area (Å²) in [5.41, 5.74) is -0.116. The predicted molar refractivity (Wildman–Crippen MR) is 75.4 cm³/mol. The molecule has 21 heavy (non-hydrogen) atoms. The number of fused-ring (bicyclic) bond motifs is 1. The Kier molecular flexibility index (Phi) is 3.59. The molecule has 1 aliphatic heterocycles. The second kappa shape index (κ2) is 5.40. The van der Waals surface area contributed by atoms with E-state index in [-0.39, 0.29) is 28.6 Å². The quantitative estimate of drug-likeness (QED) is 0.896. The van der Waals surface area contributed by atoms with E-state index in [2.05, 4.69) is 10.4 Å². The fourth-order valence-corrected chi connectivity index (χ4v) is 2.68. The molecule has 2 aromatic heterocycles. The minimum Gasteiger partial charge on any atom is -0.440 e. The maximum Gasteiger partial charge on any atom is 0.345 e. The van der Waals surface area contributed by atoms with E-state index >= 15 is 0 Å². The highest BCUT2D eigenvalue weighted by molar-refractivity contribution is 6.29. The highest BCUT2D eigenvalue weighted by Gasteiger charge is 2.22. The molecule has 1 atom stereocenters. The van der Waals surface area contributed by atoms with Gasteiger partial charge in [0, 0.05) is 26.1 Å². The van der Waals surface area contributed by atoms with E-state index in [0.29, 0.717) is 19.4 Å². The van der Waals surface area contributed by atoms with Crippen molar-refractivity contribution in [3.63, 3.8) is 0 Å². The first-order valence-corrected chi connectivity index (χ1v) is 7.11.